The normalized spacial score (nSPS) is 24.2. The molecule has 9 heteroatoms. The van der Waals surface area contributed by atoms with Gasteiger partial charge in [0.25, 0.3) is 5.91 Å². The number of nitrogens with one attached hydrogen (secondary N) is 1. The van der Waals surface area contributed by atoms with Gasteiger partial charge >= 0.3 is 0 Å². The van der Waals surface area contributed by atoms with E-state index < -0.39 is 10.0 Å². The van der Waals surface area contributed by atoms with Crippen LogP contribution in [0.3, 0.4) is 0 Å². The molecule has 134 valence electrons. The van der Waals surface area contributed by atoms with Crippen LogP contribution in [-0.2, 0) is 21.8 Å². The maximum Gasteiger partial charge on any atom is 0.274 e. The van der Waals surface area contributed by atoms with E-state index in [0.717, 1.165) is 19.3 Å². The highest BCUT2D eigenvalue weighted by atomic mass is 32.2. The van der Waals surface area contributed by atoms with Gasteiger partial charge in [-0.05, 0) is 30.7 Å². The highest BCUT2D eigenvalue weighted by molar-refractivity contribution is 7.88. The van der Waals surface area contributed by atoms with Crippen LogP contribution >= 0.6 is 0 Å². The third kappa shape index (κ3) is 3.62. The molecule has 1 N–H and O–H groups in total. The first-order chi connectivity index (χ1) is 11.3. The van der Waals surface area contributed by atoms with Gasteiger partial charge in [0.1, 0.15) is 5.69 Å². The van der Waals surface area contributed by atoms with E-state index in [1.165, 1.54) is 6.26 Å². The van der Waals surface area contributed by atoms with E-state index in [0.29, 0.717) is 32.0 Å². The third-order valence-electron chi connectivity index (χ3n) is 5.10. The Labute approximate surface area is 142 Å². The largest absolute Gasteiger partial charge is 0.380 e. The Bertz CT molecular complexity index is 707. The first-order valence-electron chi connectivity index (χ1n) is 8.13. The van der Waals surface area contributed by atoms with Crippen molar-refractivity contribution in [1.82, 2.24) is 19.4 Å². The lowest BCUT2D eigenvalue weighted by Gasteiger charge is -2.48. The monoisotopic (exact) mass is 356 g/mol. The highest BCUT2D eigenvalue weighted by Gasteiger charge is 2.45. The van der Waals surface area contributed by atoms with Crippen molar-refractivity contribution in [2.45, 2.75) is 25.3 Å². The Balaban J connectivity index is 1.69. The second-order valence-electron chi connectivity index (χ2n) is 6.80. The van der Waals surface area contributed by atoms with Gasteiger partial charge in [-0.1, -0.05) is 0 Å². The second-order valence-corrected chi connectivity index (χ2v) is 8.58. The number of likely N-dealkylation sites (tertiary alicyclic amines) is 1. The van der Waals surface area contributed by atoms with Gasteiger partial charge in [0, 0.05) is 32.9 Å². The van der Waals surface area contributed by atoms with Crippen molar-refractivity contribution in [2.75, 3.05) is 32.6 Å². The van der Waals surface area contributed by atoms with Crippen LogP contribution in [0, 0.1) is 5.41 Å². The number of rotatable bonds is 3. The Morgan fingerprint density at radius 1 is 1.38 bits per heavy atom. The van der Waals surface area contributed by atoms with Gasteiger partial charge in [0.05, 0.1) is 18.9 Å². The molecule has 0 radical (unpaired) electrons. The molecule has 1 aromatic heterocycles. The smallest absolute Gasteiger partial charge is 0.274 e. The van der Waals surface area contributed by atoms with Crippen LogP contribution in [0.5, 0.6) is 0 Å². The Kier molecular flexibility index (Phi) is 4.67. The lowest BCUT2D eigenvalue weighted by atomic mass is 9.69. The van der Waals surface area contributed by atoms with Crippen LogP contribution in [0.1, 0.15) is 29.8 Å². The van der Waals surface area contributed by atoms with Crippen molar-refractivity contribution in [2.24, 2.45) is 12.5 Å². The van der Waals surface area contributed by atoms with Crippen molar-refractivity contribution in [3.8, 4) is 0 Å². The fraction of sp³-hybridized carbons (Fsp3) is 0.733. The van der Waals surface area contributed by atoms with Gasteiger partial charge < -0.3 is 9.64 Å². The summed E-state index contributed by atoms with van der Waals surface area (Å²) in [5.74, 6) is -0.0647. The number of aromatic nitrogens is 2. The van der Waals surface area contributed by atoms with Gasteiger partial charge in [0.2, 0.25) is 10.0 Å². The molecule has 2 fully saturated rings. The number of carbonyl (C=O) groups is 1. The number of sulfonamides is 1. The molecule has 8 nitrogen and oxygen atoms in total. The van der Waals surface area contributed by atoms with E-state index >= 15 is 0 Å². The number of hydrogen-bond acceptors (Lipinski definition) is 5. The summed E-state index contributed by atoms with van der Waals surface area (Å²) >= 11 is 0. The summed E-state index contributed by atoms with van der Waals surface area (Å²) in [6.45, 7) is 2.24. The molecule has 0 bridgehead atoms. The van der Waals surface area contributed by atoms with E-state index in [-0.39, 0.29) is 17.4 Å². The molecule has 0 aromatic carbocycles. The summed E-state index contributed by atoms with van der Waals surface area (Å²) < 4.78 is 33.1. The number of aryl methyl sites for hydroxylation is 1. The fourth-order valence-corrected chi connectivity index (χ4v) is 4.52. The zero-order chi connectivity index (χ0) is 17.4. The van der Waals surface area contributed by atoms with Gasteiger partial charge in [-0.25, -0.2) is 13.1 Å². The van der Waals surface area contributed by atoms with Crippen LogP contribution < -0.4 is 4.72 Å². The van der Waals surface area contributed by atoms with Crippen LogP contribution in [0.4, 0.5) is 0 Å². The summed E-state index contributed by atoms with van der Waals surface area (Å²) in [6.07, 6.45) is 5.27. The molecule has 1 aromatic rings. The number of nitrogens with zero attached hydrogens (tertiary/aromatic N) is 3. The first kappa shape index (κ1) is 17.4. The molecular formula is C15H24N4O4S. The molecule has 3 heterocycles. The number of amides is 1. The van der Waals surface area contributed by atoms with E-state index in [4.69, 9.17) is 4.74 Å². The Morgan fingerprint density at radius 3 is 2.67 bits per heavy atom. The van der Waals surface area contributed by atoms with Crippen LogP contribution in [0.15, 0.2) is 12.3 Å². The molecule has 3 rings (SSSR count). The maximum atomic E-state index is 12.5. The van der Waals surface area contributed by atoms with Crippen molar-refractivity contribution >= 4 is 15.9 Å². The summed E-state index contributed by atoms with van der Waals surface area (Å²) in [4.78, 5) is 14.3. The zero-order valence-electron chi connectivity index (χ0n) is 14.1. The summed E-state index contributed by atoms with van der Waals surface area (Å²) in [5, 5.41) is 4.17. The minimum Gasteiger partial charge on any atom is -0.380 e. The zero-order valence-corrected chi connectivity index (χ0v) is 14.9. The van der Waals surface area contributed by atoms with Gasteiger partial charge in [-0.3, -0.25) is 9.48 Å². The Morgan fingerprint density at radius 2 is 2.08 bits per heavy atom. The molecule has 1 spiro atoms. The number of ether oxygens (including phenoxy) is 1. The summed E-state index contributed by atoms with van der Waals surface area (Å²) in [5.41, 5.74) is 0.314. The average Bonchev–Trinajstić information content (AvgIpc) is 2.95. The van der Waals surface area contributed by atoms with Gasteiger partial charge in [-0.2, -0.15) is 5.10 Å². The average molecular weight is 356 g/mol. The second kappa shape index (κ2) is 6.45. The molecular weight excluding hydrogens is 332 g/mol. The molecule has 2 saturated heterocycles. The van der Waals surface area contributed by atoms with Crippen LogP contribution in [0.25, 0.3) is 0 Å². The minimum absolute atomic E-state index is 0.0647. The van der Waals surface area contributed by atoms with E-state index in [1.54, 1.807) is 28.9 Å². The van der Waals surface area contributed by atoms with Crippen molar-refractivity contribution in [3.63, 3.8) is 0 Å². The van der Waals surface area contributed by atoms with Crippen molar-refractivity contribution in [3.05, 3.63) is 18.0 Å². The maximum absolute atomic E-state index is 12.5. The molecule has 1 atom stereocenters. The standard InChI is InChI=1S/C15H24N4O4S/c1-18-7-3-12(16-18)14(20)19-8-4-15(5-9-19)6-10-23-11-13(15)17-24(2,21)22/h3,7,13,17H,4-6,8-11H2,1-2H3. The first-order valence-corrected chi connectivity index (χ1v) is 10.0. The van der Waals surface area contributed by atoms with E-state index in [1.807, 2.05) is 0 Å². The molecule has 1 amide bonds. The molecule has 0 aliphatic carbocycles. The number of carbonyl (C=O) groups excluding carboxylic acids is 1. The quantitative estimate of drug-likeness (QED) is 0.822. The van der Waals surface area contributed by atoms with Crippen LogP contribution in [-0.4, -0.2) is 67.6 Å². The number of hydrogen-bond donors (Lipinski definition) is 1. The molecule has 1 unspecified atom stereocenters. The number of piperidine rings is 1. The predicted octanol–water partition coefficient (Wildman–Crippen LogP) is -0.0194. The van der Waals surface area contributed by atoms with E-state index in [9.17, 15) is 13.2 Å². The van der Waals surface area contributed by atoms with Gasteiger partial charge in [-0.15, -0.1) is 0 Å². The lowest BCUT2D eigenvalue weighted by Crippen LogP contribution is -2.57. The minimum atomic E-state index is -3.29. The van der Waals surface area contributed by atoms with Crippen LogP contribution in [0.2, 0.25) is 0 Å². The van der Waals surface area contributed by atoms with Gasteiger partial charge in [0.15, 0.2) is 0 Å². The highest BCUT2D eigenvalue weighted by Crippen LogP contribution is 2.41. The Hall–Kier alpha value is -1.45. The molecule has 24 heavy (non-hydrogen) atoms. The predicted molar refractivity (Wildman–Crippen MR) is 88.0 cm³/mol. The summed E-state index contributed by atoms with van der Waals surface area (Å²) in [6, 6.07) is 1.49. The molecule has 0 saturated carbocycles. The lowest BCUT2D eigenvalue weighted by molar-refractivity contribution is -0.0401. The SMILES string of the molecule is Cn1ccc(C(=O)N2CCC3(CCOCC3NS(C)(=O)=O)CC2)n1. The van der Waals surface area contributed by atoms with Crippen molar-refractivity contribution in [1.29, 1.82) is 0 Å². The molecule has 2 aliphatic heterocycles. The molecule has 2 aliphatic rings. The van der Waals surface area contributed by atoms with E-state index in [2.05, 4.69) is 9.82 Å². The third-order valence-corrected chi connectivity index (χ3v) is 5.82. The van der Waals surface area contributed by atoms with Crippen molar-refractivity contribution < 1.29 is 17.9 Å². The topological polar surface area (TPSA) is 93.5 Å². The summed E-state index contributed by atoms with van der Waals surface area (Å²) in [7, 11) is -1.51. The fourth-order valence-electron chi connectivity index (χ4n) is 3.69.